The first-order valence-corrected chi connectivity index (χ1v) is 10.5. The van der Waals surface area contributed by atoms with Gasteiger partial charge in [-0.15, -0.1) is 0 Å². The molecule has 0 aromatic heterocycles. The molecule has 152 valence electrons. The Labute approximate surface area is 163 Å². The van der Waals surface area contributed by atoms with Gasteiger partial charge >= 0.3 is 5.97 Å². The van der Waals surface area contributed by atoms with Gasteiger partial charge in [-0.3, -0.25) is 4.79 Å². The SMILES string of the molecule is CCC=C(CC1CCCC1(C)C)OC(=O)C(C)(CC(C)(C)C)C(C)(C)C. The molecular formula is C24H44O2. The second-order valence-electron chi connectivity index (χ2n) is 11.6. The van der Waals surface area contributed by atoms with Gasteiger partial charge in [0.25, 0.3) is 0 Å². The third-order valence-electron chi connectivity index (χ3n) is 6.57. The van der Waals surface area contributed by atoms with E-state index in [2.05, 4.69) is 75.3 Å². The highest BCUT2D eigenvalue weighted by molar-refractivity contribution is 5.78. The molecule has 0 bridgehead atoms. The molecule has 2 atom stereocenters. The zero-order chi connectivity index (χ0) is 20.4. The van der Waals surface area contributed by atoms with E-state index >= 15 is 0 Å². The Morgan fingerprint density at radius 2 is 1.69 bits per heavy atom. The average Bonchev–Trinajstić information content (AvgIpc) is 2.74. The monoisotopic (exact) mass is 364 g/mol. The van der Waals surface area contributed by atoms with Gasteiger partial charge in [-0.2, -0.15) is 0 Å². The molecule has 1 fully saturated rings. The van der Waals surface area contributed by atoms with Crippen LogP contribution in [0.1, 0.15) is 108 Å². The summed E-state index contributed by atoms with van der Waals surface area (Å²) in [6.07, 6.45) is 8.53. The van der Waals surface area contributed by atoms with Gasteiger partial charge in [0.2, 0.25) is 0 Å². The molecule has 1 rings (SSSR count). The topological polar surface area (TPSA) is 26.3 Å². The number of rotatable bonds is 6. The molecule has 0 heterocycles. The van der Waals surface area contributed by atoms with E-state index in [4.69, 9.17) is 4.74 Å². The Morgan fingerprint density at radius 3 is 2.08 bits per heavy atom. The summed E-state index contributed by atoms with van der Waals surface area (Å²) in [5.41, 5.74) is -0.244. The maximum atomic E-state index is 13.3. The third kappa shape index (κ3) is 5.86. The van der Waals surface area contributed by atoms with Crippen molar-refractivity contribution in [3.8, 4) is 0 Å². The van der Waals surface area contributed by atoms with E-state index < -0.39 is 5.41 Å². The Balaban J connectivity index is 3.02. The van der Waals surface area contributed by atoms with Crippen LogP contribution < -0.4 is 0 Å². The van der Waals surface area contributed by atoms with Crippen molar-refractivity contribution in [1.82, 2.24) is 0 Å². The predicted molar refractivity (Wildman–Crippen MR) is 112 cm³/mol. The number of allylic oxidation sites excluding steroid dienone is 2. The molecule has 1 aliphatic carbocycles. The minimum Gasteiger partial charge on any atom is -0.431 e. The zero-order valence-electron chi connectivity index (χ0n) is 19.2. The Hall–Kier alpha value is -0.790. The van der Waals surface area contributed by atoms with Gasteiger partial charge in [0.05, 0.1) is 5.41 Å². The van der Waals surface area contributed by atoms with Crippen molar-refractivity contribution in [2.75, 3.05) is 0 Å². The van der Waals surface area contributed by atoms with E-state index in [0.717, 1.165) is 25.0 Å². The van der Waals surface area contributed by atoms with E-state index in [1.165, 1.54) is 19.3 Å². The summed E-state index contributed by atoms with van der Waals surface area (Å²) in [4.78, 5) is 13.3. The van der Waals surface area contributed by atoms with Crippen molar-refractivity contribution in [2.45, 2.75) is 108 Å². The standard InChI is InChI=1S/C24H44O2/c1-11-13-19(16-18-14-12-15-23(18,8)9)26-20(25)24(10,22(5,6)7)17-21(2,3)4/h13,18H,11-12,14-17H2,1-10H3. The summed E-state index contributed by atoms with van der Waals surface area (Å²) in [6, 6.07) is 0. The van der Waals surface area contributed by atoms with Crippen molar-refractivity contribution in [3.63, 3.8) is 0 Å². The molecule has 1 saturated carbocycles. The number of ether oxygens (including phenoxy) is 1. The Bertz CT molecular complexity index is 513. The van der Waals surface area contributed by atoms with Crippen LogP contribution in [0.3, 0.4) is 0 Å². The van der Waals surface area contributed by atoms with Crippen molar-refractivity contribution >= 4 is 5.97 Å². The summed E-state index contributed by atoms with van der Waals surface area (Å²) < 4.78 is 6.11. The molecule has 0 aromatic carbocycles. The molecule has 26 heavy (non-hydrogen) atoms. The van der Waals surface area contributed by atoms with Crippen LogP contribution in [-0.2, 0) is 9.53 Å². The molecule has 0 aromatic rings. The van der Waals surface area contributed by atoms with Crippen molar-refractivity contribution < 1.29 is 9.53 Å². The van der Waals surface area contributed by atoms with E-state index in [0.29, 0.717) is 11.3 Å². The summed E-state index contributed by atoms with van der Waals surface area (Å²) in [5.74, 6) is 1.44. The van der Waals surface area contributed by atoms with Gasteiger partial charge in [-0.1, -0.05) is 68.7 Å². The summed E-state index contributed by atoms with van der Waals surface area (Å²) >= 11 is 0. The maximum Gasteiger partial charge on any atom is 0.317 e. The van der Waals surface area contributed by atoms with E-state index in [-0.39, 0.29) is 16.8 Å². The lowest BCUT2D eigenvalue weighted by atomic mass is 9.61. The van der Waals surface area contributed by atoms with Gasteiger partial charge < -0.3 is 4.74 Å². The van der Waals surface area contributed by atoms with E-state index in [1.54, 1.807) is 0 Å². The lowest BCUT2D eigenvalue weighted by molar-refractivity contribution is -0.160. The quantitative estimate of drug-likeness (QED) is 0.359. The first-order chi connectivity index (χ1) is 11.6. The number of esters is 1. The van der Waals surface area contributed by atoms with Crippen LogP contribution in [0.4, 0.5) is 0 Å². The molecule has 0 saturated heterocycles. The molecular weight excluding hydrogens is 320 g/mol. The smallest absolute Gasteiger partial charge is 0.317 e. The normalized spacial score (nSPS) is 23.6. The average molecular weight is 365 g/mol. The van der Waals surface area contributed by atoms with E-state index in [9.17, 15) is 4.79 Å². The van der Waals surface area contributed by atoms with Gasteiger partial charge in [0.1, 0.15) is 5.76 Å². The minimum atomic E-state index is -0.511. The molecule has 2 nitrogen and oxygen atoms in total. The van der Waals surface area contributed by atoms with Crippen molar-refractivity contribution in [2.24, 2.45) is 27.6 Å². The fourth-order valence-corrected chi connectivity index (χ4v) is 4.35. The molecule has 2 unspecified atom stereocenters. The lowest BCUT2D eigenvalue weighted by Gasteiger charge is -2.43. The highest BCUT2D eigenvalue weighted by Gasteiger charge is 2.48. The number of carbonyl (C=O) groups is 1. The Morgan fingerprint density at radius 1 is 1.12 bits per heavy atom. The number of carbonyl (C=O) groups excluding carboxylic acids is 1. The molecule has 1 aliphatic rings. The molecule has 0 spiro atoms. The first kappa shape index (κ1) is 23.2. The summed E-state index contributed by atoms with van der Waals surface area (Å²) in [6.45, 7) is 22.0. The predicted octanol–water partition coefficient (Wildman–Crippen LogP) is 7.53. The fourth-order valence-electron chi connectivity index (χ4n) is 4.35. The van der Waals surface area contributed by atoms with Crippen LogP contribution in [0.5, 0.6) is 0 Å². The third-order valence-corrected chi connectivity index (χ3v) is 6.57. The highest BCUT2D eigenvalue weighted by Crippen LogP contribution is 2.49. The van der Waals surface area contributed by atoms with Crippen molar-refractivity contribution in [3.05, 3.63) is 11.8 Å². The van der Waals surface area contributed by atoms with Crippen LogP contribution in [0.2, 0.25) is 0 Å². The molecule has 2 heteroatoms. The van der Waals surface area contributed by atoms with Gasteiger partial charge in [0, 0.05) is 6.42 Å². The summed E-state index contributed by atoms with van der Waals surface area (Å²) in [5, 5.41) is 0. The number of hydrogen-bond donors (Lipinski definition) is 0. The van der Waals surface area contributed by atoms with Crippen LogP contribution >= 0.6 is 0 Å². The van der Waals surface area contributed by atoms with Crippen LogP contribution in [0.25, 0.3) is 0 Å². The fraction of sp³-hybridized carbons (Fsp3) is 0.875. The molecule has 0 amide bonds. The maximum absolute atomic E-state index is 13.3. The van der Waals surface area contributed by atoms with E-state index in [1.807, 2.05) is 0 Å². The second-order valence-corrected chi connectivity index (χ2v) is 11.6. The molecule has 0 radical (unpaired) electrons. The number of hydrogen-bond acceptors (Lipinski definition) is 2. The van der Waals surface area contributed by atoms with Gasteiger partial charge in [-0.05, 0) is 60.8 Å². The molecule has 0 aliphatic heterocycles. The highest BCUT2D eigenvalue weighted by atomic mass is 16.5. The van der Waals surface area contributed by atoms with Crippen LogP contribution in [-0.4, -0.2) is 5.97 Å². The first-order valence-electron chi connectivity index (χ1n) is 10.5. The Kier molecular flexibility index (Phi) is 7.21. The van der Waals surface area contributed by atoms with Gasteiger partial charge in [0.15, 0.2) is 0 Å². The van der Waals surface area contributed by atoms with Crippen LogP contribution in [0, 0.1) is 27.6 Å². The van der Waals surface area contributed by atoms with Crippen molar-refractivity contribution in [1.29, 1.82) is 0 Å². The molecule has 0 N–H and O–H groups in total. The largest absolute Gasteiger partial charge is 0.431 e. The van der Waals surface area contributed by atoms with Gasteiger partial charge in [-0.25, -0.2) is 0 Å². The zero-order valence-corrected chi connectivity index (χ0v) is 19.2. The second kappa shape index (κ2) is 8.07. The van der Waals surface area contributed by atoms with Crippen LogP contribution in [0.15, 0.2) is 11.8 Å². The summed E-state index contributed by atoms with van der Waals surface area (Å²) in [7, 11) is 0. The lowest BCUT2D eigenvalue weighted by Crippen LogP contribution is -2.44. The minimum absolute atomic E-state index is 0.0598.